The van der Waals surface area contributed by atoms with Gasteiger partial charge in [0.05, 0.1) is 11.0 Å². The van der Waals surface area contributed by atoms with Gasteiger partial charge in [0, 0.05) is 25.1 Å². The number of hydrogen-bond acceptors (Lipinski definition) is 3. The summed E-state index contributed by atoms with van der Waals surface area (Å²) in [5, 5.41) is 5.85. The number of imidazole rings is 1. The Labute approximate surface area is 197 Å². The lowest BCUT2D eigenvalue weighted by molar-refractivity contribution is -0.121. The van der Waals surface area contributed by atoms with Gasteiger partial charge in [-0.25, -0.2) is 9.37 Å². The summed E-state index contributed by atoms with van der Waals surface area (Å²) >= 11 is 0. The summed E-state index contributed by atoms with van der Waals surface area (Å²) in [5.74, 6) is 0.247. The molecule has 3 aromatic carbocycles. The number of aryl methyl sites for hydroxylation is 2. The van der Waals surface area contributed by atoms with Gasteiger partial charge in [0.15, 0.2) is 0 Å². The smallest absolute Gasteiger partial charge is 0.251 e. The monoisotopic (exact) mass is 458 g/mol. The van der Waals surface area contributed by atoms with Crippen molar-refractivity contribution in [3.05, 3.63) is 101 Å². The van der Waals surface area contributed by atoms with E-state index in [9.17, 15) is 14.0 Å². The Kier molecular flexibility index (Phi) is 7.32. The summed E-state index contributed by atoms with van der Waals surface area (Å²) in [7, 11) is 0. The predicted octanol–water partition coefficient (Wildman–Crippen LogP) is 4.16. The number of halogens is 1. The number of para-hydroxylation sites is 2. The second-order valence-corrected chi connectivity index (χ2v) is 8.18. The molecular weight excluding hydrogens is 431 g/mol. The fourth-order valence-corrected chi connectivity index (χ4v) is 3.87. The fraction of sp³-hybridized carbons (Fsp3) is 0.222. The standard InChI is InChI=1S/C27H27FN4O2/c1-19-7-2-3-8-22(19)27(34)29-16-6-11-25-31-23-9-4-5-10-24(23)32(25)18-26(33)30-17-20-12-14-21(28)15-13-20/h2-5,7-10,12-15H,6,11,16-18H2,1H3,(H,29,34)(H,30,33). The normalized spacial score (nSPS) is 10.9. The number of amides is 2. The minimum Gasteiger partial charge on any atom is -0.352 e. The number of hydrogen-bond donors (Lipinski definition) is 2. The second-order valence-electron chi connectivity index (χ2n) is 8.18. The summed E-state index contributed by atoms with van der Waals surface area (Å²) < 4.78 is 15.0. The molecule has 174 valence electrons. The lowest BCUT2D eigenvalue weighted by Gasteiger charge is -2.11. The van der Waals surface area contributed by atoms with Crippen LogP contribution in [-0.4, -0.2) is 27.9 Å². The maximum Gasteiger partial charge on any atom is 0.251 e. The molecule has 0 atom stereocenters. The van der Waals surface area contributed by atoms with E-state index in [0.717, 1.165) is 28.0 Å². The van der Waals surface area contributed by atoms with Crippen molar-refractivity contribution in [2.75, 3.05) is 6.54 Å². The number of rotatable bonds is 9. The Morgan fingerprint density at radius 1 is 0.941 bits per heavy atom. The van der Waals surface area contributed by atoms with E-state index in [0.29, 0.717) is 31.5 Å². The predicted molar refractivity (Wildman–Crippen MR) is 130 cm³/mol. The average molecular weight is 459 g/mol. The first-order chi connectivity index (χ1) is 16.5. The molecule has 34 heavy (non-hydrogen) atoms. The van der Waals surface area contributed by atoms with E-state index in [1.807, 2.05) is 60.0 Å². The molecule has 2 N–H and O–H groups in total. The van der Waals surface area contributed by atoms with Crippen LogP contribution in [0.25, 0.3) is 11.0 Å². The van der Waals surface area contributed by atoms with Gasteiger partial charge in [0.25, 0.3) is 5.91 Å². The molecule has 2 amide bonds. The number of nitrogens with one attached hydrogen (secondary N) is 2. The Morgan fingerprint density at radius 3 is 2.47 bits per heavy atom. The van der Waals surface area contributed by atoms with Crippen LogP contribution >= 0.6 is 0 Å². The van der Waals surface area contributed by atoms with Crippen molar-refractivity contribution in [2.24, 2.45) is 0 Å². The number of benzene rings is 3. The van der Waals surface area contributed by atoms with Gasteiger partial charge in [-0.3, -0.25) is 9.59 Å². The lowest BCUT2D eigenvalue weighted by atomic mass is 10.1. The first-order valence-electron chi connectivity index (χ1n) is 11.3. The first-order valence-corrected chi connectivity index (χ1v) is 11.3. The Bertz CT molecular complexity index is 1300. The highest BCUT2D eigenvalue weighted by Crippen LogP contribution is 2.17. The molecule has 0 saturated heterocycles. The number of nitrogens with zero attached hydrogens (tertiary/aromatic N) is 2. The van der Waals surface area contributed by atoms with E-state index >= 15 is 0 Å². The minimum atomic E-state index is -0.306. The highest BCUT2D eigenvalue weighted by Gasteiger charge is 2.14. The van der Waals surface area contributed by atoms with Crippen LogP contribution in [0.4, 0.5) is 4.39 Å². The second kappa shape index (κ2) is 10.7. The van der Waals surface area contributed by atoms with Crippen LogP contribution in [-0.2, 0) is 24.3 Å². The van der Waals surface area contributed by atoms with Crippen LogP contribution < -0.4 is 10.6 Å². The maximum atomic E-state index is 13.1. The molecule has 4 rings (SSSR count). The van der Waals surface area contributed by atoms with Crippen molar-refractivity contribution < 1.29 is 14.0 Å². The lowest BCUT2D eigenvalue weighted by Crippen LogP contribution is -2.28. The molecule has 0 aliphatic rings. The van der Waals surface area contributed by atoms with Crippen LogP contribution in [0.2, 0.25) is 0 Å². The van der Waals surface area contributed by atoms with Gasteiger partial charge in [-0.1, -0.05) is 42.5 Å². The van der Waals surface area contributed by atoms with Crippen molar-refractivity contribution in [2.45, 2.75) is 32.9 Å². The van der Waals surface area contributed by atoms with Crippen LogP contribution in [0.5, 0.6) is 0 Å². The third-order valence-corrected chi connectivity index (χ3v) is 5.69. The molecule has 0 unspecified atom stereocenters. The average Bonchev–Trinajstić information content (AvgIpc) is 3.18. The molecule has 0 bridgehead atoms. The van der Waals surface area contributed by atoms with E-state index in [1.165, 1.54) is 12.1 Å². The van der Waals surface area contributed by atoms with Crippen LogP contribution in [0.3, 0.4) is 0 Å². The maximum absolute atomic E-state index is 13.1. The number of aromatic nitrogens is 2. The molecule has 0 aliphatic heterocycles. The van der Waals surface area contributed by atoms with Crippen LogP contribution in [0.1, 0.15) is 33.7 Å². The molecule has 1 aromatic heterocycles. The van der Waals surface area contributed by atoms with E-state index in [-0.39, 0.29) is 24.2 Å². The van der Waals surface area contributed by atoms with Crippen molar-refractivity contribution in [1.29, 1.82) is 0 Å². The highest BCUT2D eigenvalue weighted by atomic mass is 19.1. The number of carbonyl (C=O) groups excluding carboxylic acids is 2. The van der Waals surface area contributed by atoms with Gasteiger partial charge in [0.2, 0.25) is 5.91 Å². The number of fused-ring (bicyclic) bond motifs is 1. The van der Waals surface area contributed by atoms with Gasteiger partial charge >= 0.3 is 0 Å². The van der Waals surface area contributed by atoms with Crippen LogP contribution in [0, 0.1) is 12.7 Å². The van der Waals surface area contributed by atoms with E-state index in [2.05, 4.69) is 10.6 Å². The molecular formula is C27H27FN4O2. The zero-order valence-electron chi connectivity index (χ0n) is 19.1. The van der Waals surface area contributed by atoms with Gasteiger partial charge in [-0.15, -0.1) is 0 Å². The van der Waals surface area contributed by atoms with E-state index in [4.69, 9.17) is 4.98 Å². The summed E-state index contributed by atoms with van der Waals surface area (Å²) in [4.78, 5) is 29.8. The summed E-state index contributed by atoms with van der Waals surface area (Å²) in [6, 6.07) is 21.2. The highest BCUT2D eigenvalue weighted by molar-refractivity contribution is 5.95. The SMILES string of the molecule is Cc1ccccc1C(=O)NCCCc1nc2ccccc2n1CC(=O)NCc1ccc(F)cc1. The largest absolute Gasteiger partial charge is 0.352 e. The van der Waals surface area contributed by atoms with Crippen molar-refractivity contribution >= 4 is 22.8 Å². The van der Waals surface area contributed by atoms with E-state index in [1.54, 1.807) is 12.1 Å². The zero-order chi connectivity index (χ0) is 23.9. The van der Waals surface area contributed by atoms with Crippen molar-refractivity contribution in [3.63, 3.8) is 0 Å². The molecule has 0 spiro atoms. The molecule has 0 radical (unpaired) electrons. The Morgan fingerprint density at radius 2 is 1.68 bits per heavy atom. The van der Waals surface area contributed by atoms with Gasteiger partial charge in [-0.2, -0.15) is 0 Å². The summed E-state index contributed by atoms with van der Waals surface area (Å²) in [6.45, 7) is 2.88. The van der Waals surface area contributed by atoms with Gasteiger partial charge in [-0.05, 0) is 54.8 Å². The molecule has 0 aliphatic carbocycles. The first kappa shape index (κ1) is 23.2. The molecule has 0 fully saturated rings. The van der Waals surface area contributed by atoms with Crippen molar-refractivity contribution in [1.82, 2.24) is 20.2 Å². The van der Waals surface area contributed by atoms with Gasteiger partial charge in [0.1, 0.15) is 18.2 Å². The molecule has 7 heteroatoms. The minimum absolute atomic E-state index is 0.0910. The fourth-order valence-electron chi connectivity index (χ4n) is 3.87. The van der Waals surface area contributed by atoms with Crippen LogP contribution in [0.15, 0.2) is 72.8 Å². The Balaban J connectivity index is 1.37. The van der Waals surface area contributed by atoms with Crippen molar-refractivity contribution in [3.8, 4) is 0 Å². The molecule has 4 aromatic rings. The zero-order valence-corrected chi connectivity index (χ0v) is 19.1. The number of carbonyl (C=O) groups is 2. The topological polar surface area (TPSA) is 76.0 Å². The van der Waals surface area contributed by atoms with Gasteiger partial charge < -0.3 is 15.2 Å². The Hall–Kier alpha value is -4.00. The summed E-state index contributed by atoms with van der Waals surface area (Å²) in [5.41, 5.74) is 4.15. The van der Waals surface area contributed by atoms with E-state index < -0.39 is 0 Å². The molecule has 1 heterocycles. The third-order valence-electron chi connectivity index (χ3n) is 5.69. The quantitative estimate of drug-likeness (QED) is 0.370. The molecule has 0 saturated carbocycles. The molecule has 6 nitrogen and oxygen atoms in total. The third kappa shape index (κ3) is 5.67. The summed E-state index contributed by atoms with van der Waals surface area (Å²) in [6.07, 6.45) is 1.31.